The van der Waals surface area contributed by atoms with Crippen LogP contribution in [0.3, 0.4) is 0 Å². The minimum Gasteiger partial charge on any atom is -0.462 e. The van der Waals surface area contributed by atoms with Crippen molar-refractivity contribution in [1.29, 1.82) is 0 Å². The van der Waals surface area contributed by atoms with Gasteiger partial charge in [-0.1, -0.05) is 19.8 Å². The average molecular weight is 402 g/mol. The van der Waals surface area contributed by atoms with Crippen molar-refractivity contribution in [2.45, 2.75) is 26.2 Å². The van der Waals surface area contributed by atoms with E-state index in [-0.39, 0.29) is 17.9 Å². The third-order valence-corrected chi connectivity index (χ3v) is 3.70. The van der Waals surface area contributed by atoms with Gasteiger partial charge in [-0.2, -0.15) is 0 Å². The van der Waals surface area contributed by atoms with Gasteiger partial charge in [-0.3, -0.25) is 0 Å². The topological polar surface area (TPSA) is 52.6 Å². The zero-order valence-electron chi connectivity index (χ0n) is 14.7. The third kappa shape index (κ3) is 4.65. The number of rotatable bonds is 7. The lowest BCUT2D eigenvalue weighted by atomic mass is 10.1. The Labute approximate surface area is 156 Å². The predicted octanol–water partition coefficient (Wildman–Crippen LogP) is 4.95. The average Bonchev–Trinajstić information content (AvgIpc) is 2.68. The fourth-order valence-corrected chi connectivity index (χ4v) is 2.20. The minimum absolute atomic E-state index is 0.132. The number of ether oxygens (including phenoxy) is 2. The van der Waals surface area contributed by atoms with Gasteiger partial charge in [-0.05, 0) is 30.7 Å². The first-order valence-electron chi connectivity index (χ1n) is 8.28. The number of esters is 2. The van der Waals surface area contributed by atoms with Gasteiger partial charge in [-0.15, -0.1) is 0 Å². The number of unbranched alkanes of at least 4 members (excludes halogenated alkanes) is 2. The van der Waals surface area contributed by atoms with Crippen LogP contribution < -0.4 is 4.74 Å². The summed E-state index contributed by atoms with van der Waals surface area (Å²) in [5.41, 5.74) is -1.58. The molecule has 2 rings (SSSR count). The highest BCUT2D eigenvalue weighted by Crippen LogP contribution is 2.24. The van der Waals surface area contributed by atoms with Crippen LogP contribution in [0.1, 0.15) is 46.9 Å². The van der Waals surface area contributed by atoms with Gasteiger partial charge < -0.3 is 9.47 Å². The van der Waals surface area contributed by atoms with Crippen LogP contribution in [0.5, 0.6) is 5.75 Å². The van der Waals surface area contributed by atoms with Crippen molar-refractivity contribution in [2.24, 2.45) is 0 Å². The molecule has 150 valence electrons. The van der Waals surface area contributed by atoms with E-state index in [9.17, 15) is 31.5 Å². The van der Waals surface area contributed by atoms with E-state index >= 15 is 0 Å². The second kappa shape index (κ2) is 9.29. The number of carbonyl (C=O) groups excluding carboxylic acids is 2. The molecule has 0 radical (unpaired) electrons. The van der Waals surface area contributed by atoms with E-state index in [1.165, 1.54) is 12.1 Å². The first-order chi connectivity index (χ1) is 13.3. The summed E-state index contributed by atoms with van der Waals surface area (Å²) in [6.07, 6.45) is 2.57. The lowest BCUT2D eigenvalue weighted by Gasteiger charge is -2.09. The summed E-state index contributed by atoms with van der Waals surface area (Å²) in [5.74, 6) is -14.2. The lowest BCUT2D eigenvalue weighted by Crippen LogP contribution is -2.17. The van der Waals surface area contributed by atoms with Crippen molar-refractivity contribution < 1.29 is 41.0 Å². The zero-order chi connectivity index (χ0) is 20.8. The Hall–Kier alpha value is -2.97. The van der Waals surface area contributed by atoms with Gasteiger partial charge in [0.25, 0.3) is 0 Å². The minimum atomic E-state index is -2.38. The SMILES string of the molecule is CCCCCOC(=O)c1ccc(OC(=O)c2c(F)c(F)c(F)c(F)c2F)cc1. The molecule has 0 aliphatic rings. The van der Waals surface area contributed by atoms with Crippen LogP contribution in [0.2, 0.25) is 0 Å². The molecule has 2 aromatic rings. The molecule has 0 aromatic heterocycles. The molecule has 0 aliphatic heterocycles. The standard InChI is InChI=1S/C19H15F5O4/c1-2-3-4-9-27-18(25)10-5-7-11(8-6-10)28-19(26)12-13(20)15(22)17(24)16(23)14(12)21/h5-8H,2-4,9H2,1H3. The Bertz CT molecular complexity index is 852. The highest BCUT2D eigenvalue weighted by atomic mass is 19.2. The van der Waals surface area contributed by atoms with E-state index in [4.69, 9.17) is 4.74 Å². The molecule has 9 heteroatoms. The van der Waals surface area contributed by atoms with E-state index in [1.807, 2.05) is 6.92 Å². The molecule has 0 amide bonds. The molecule has 0 N–H and O–H groups in total. The van der Waals surface area contributed by atoms with Gasteiger partial charge >= 0.3 is 11.9 Å². The molecule has 0 heterocycles. The predicted molar refractivity (Wildman–Crippen MR) is 87.4 cm³/mol. The maximum absolute atomic E-state index is 13.6. The van der Waals surface area contributed by atoms with E-state index in [1.54, 1.807) is 0 Å². The summed E-state index contributed by atoms with van der Waals surface area (Å²) in [5, 5.41) is 0. The molecular weight excluding hydrogens is 387 g/mol. The van der Waals surface area contributed by atoms with Gasteiger partial charge in [-0.25, -0.2) is 31.5 Å². The van der Waals surface area contributed by atoms with Crippen LogP contribution in [0.4, 0.5) is 22.0 Å². The molecule has 0 fully saturated rings. The van der Waals surface area contributed by atoms with Gasteiger partial charge in [0.05, 0.1) is 12.2 Å². The Morgan fingerprint density at radius 2 is 1.32 bits per heavy atom. The van der Waals surface area contributed by atoms with E-state index < -0.39 is 46.6 Å². The number of hydrogen-bond donors (Lipinski definition) is 0. The molecule has 4 nitrogen and oxygen atoms in total. The van der Waals surface area contributed by atoms with Gasteiger partial charge in [0.1, 0.15) is 11.3 Å². The Kier molecular flexibility index (Phi) is 7.08. The van der Waals surface area contributed by atoms with Crippen LogP contribution in [0.15, 0.2) is 24.3 Å². The van der Waals surface area contributed by atoms with Crippen LogP contribution in [-0.2, 0) is 4.74 Å². The van der Waals surface area contributed by atoms with Crippen molar-refractivity contribution in [3.63, 3.8) is 0 Å². The summed E-state index contributed by atoms with van der Waals surface area (Å²) in [7, 11) is 0. The van der Waals surface area contributed by atoms with Crippen molar-refractivity contribution in [2.75, 3.05) is 6.61 Å². The van der Waals surface area contributed by atoms with Crippen LogP contribution >= 0.6 is 0 Å². The van der Waals surface area contributed by atoms with Crippen LogP contribution in [0.25, 0.3) is 0 Å². The van der Waals surface area contributed by atoms with Crippen molar-refractivity contribution in [3.05, 3.63) is 64.5 Å². The summed E-state index contributed by atoms with van der Waals surface area (Å²) < 4.78 is 76.3. The van der Waals surface area contributed by atoms with Gasteiger partial charge in [0.15, 0.2) is 23.3 Å². The molecule has 2 aromatic carbocycles. The Balaban J connectivity index is 2.11. The maximum atomic E-state index is 13.6. The summed E-state index contributed by atoms with van der Waals surface area (Å²) in [6, 6.07) is 4.69. The Morgan fingerprint density at radius 3 is 1.86 bits per heavy atom. The summed E-state index contributed by atoms with van der Waals surface area (Å²) in [6.45, 7) is 2.23. The molecule has 0 aliphatic carbocycles. The first-order valence-corrected chi connectivity index (χ1v) is 8.28. The number of hydrogen-bond acceptors (Lipinski definition) is 4. The largest absolute Gasteiger partial charge is 0.462 e. The quantitative estimate of drug-likeness (QED) is 0.164. The zero-order valence-corrected chi connectivity index (χ0v) is 14.7. The fraction of sp³-hybridized carbons (Fsp3) is 0.263. The second-order valence-corrected chi connectivity index (χ2v) is 5.70. The normalized spacial score (nSPS) is 10.6. The third-order valence-electron chi connectivity index (χ3n) is 3.70. The van der Waals surface area contributed by atoms with Crippen molar-refractivity contribution in [1.82, 2.24) is 0 Å². The first kappa shape index (κ1) is 21.3. The molecule has 0 spiro atoms. The number of benzene rings is 2. The summed E-state index contributed by atoms with van der Waals surface area (Å²) >= 11 is 0. The maximum Gasteiger partial charge on any atom is 0.349 e. The van der Waals surface area contributed by atoms with Gasteiger partial charge in [0.2, 0.25) is 5.82 Å². The molecule has 0 unspecified atom stereocenters. The Morgan fingerprint density at radius 1 is 0.786 bits per heavy atom. The number of halogens is 5. The van der Waals surface area contributed by atoms with Crippen LogP contribution in [0, 0.1) is 29.1 Å². The molecule has 0 saturated carbocycles. The van der Waals surface area contributed by atoms with E-state index in [0.29, 0.717) is 6.42 Å². The molecule has 0 saturated heterocycles. The lowest BCUT2D eigenvalue weighted by molar-refractivity contribution is 0.0498. The van der Waals surface area contributed by atoms with Crippen LogP contribution in [-0.4, -0.2) is 18.5 Å². The highest BCUT2D eigenvalue weighted by Gasteiger charge is 2.31. The molecule has 28 heavy (non-hydrogen) atoms. The monoisotopic (exact) mass is 402 g/mol. The van der Waals surface area contributed by atoms with Crippen molar-refractivity contribution >= 4 is 11.9 Å². The highest BCUT2D eigenvalue weighted by molar-refractivity contribution is 5.92. The van der Waals surface area contributed by atoms with Gasteiger partial charge in [0, 0.05) is 0 Å². The van der Waals surface area contributed by atoms with E-state index in [2.05, 4.69) is 4.74 Å². The van der Waals surface area contributed by atoms with E-state index in [0.717, 1.165) is 25.0 Å². The molecule has 0 atom stereocenters. The fourth-order valence-electron chi connectivity index (χ4n) is 2.20. The smallest absolute Gasteiger partial charge is 0.349 e. The molecule has 0 bridgehead atoms. The molecular formula is C19H15F5O4. The summed E-state index contributed by atoms with van der Waals surface area (Å²) in [4.78, 5) is 23.7. The second-order valence-electron chi connectivity index (χ2n) is 5.70. The number of carbonyl (C=O) groups is 2. The van der Waals surface area contributed by atoms with Crippen molar-refractivity contribution in [3.8, 4) is 5.75 Å².